The lowest BCUT2D eigenvalue weighted by atomic mass is 10.0. The van der Waals surface area contributed by atoms with E-state index in [0.717, 1.165) is 22.0 Å². The maximum absolute atomic E-state index is 12.6. The lowest BCUT2D eigenvalue weighted by molar-refractivity contribution is 0.0914. The molecule has 1 aromatic heterocycles. The van der Waals surface area contributed by atoms with Gasteiger partial charge in [0.1, 0.15) is 5.69 Å². The highest BCUT2D eigenvalue weighted by Gasteiger charge is 2.19. The van der Waals surface area contributed by atoms with E-state index < -0.39 is 0 Å². The zero-order chi connectivity index (χ0) is 17.3. The fraction of sp³-hybridized carbons (Fsp3) is 0.200. The van der Waals surface area contributed by atoms with Crippen molar-refractivity contribution in [2.24, 2.45) is 0 Å². The number of nitrogens with zero attached hydrogens (tertiary/aromatic N) is 1. The maximum Gasteiger partial charge on any atom is 0.270 e. The van der Waals surface area contributed by atoms with Crippen LogP contribution in [0.5, 0.6) is 0 Å². The SMILES string of the molecule is CC(C)(C)NC(=O)c1cc2ccccc2c(-c2ccccc2Cl)n1. The number of aromatic nitrogens is 1. The monoisotopic (exact) mass is 338 g/mol. The number of rotatable bonds is 2. The lowest BCUT2D eigenvalue weighted by Crippen LogP contribution is -2.40. The van der Waals surface area contributed by atoms with Gasteiger partial charge in [-0.3, -0.25) is 4.79 Å². The molecule has 0 saturated carbocycles. The Morgan fingerprint density at radius 1 is 1.04 bits per heavy atom. The topological polar surface area (TPSA) is 42.0 Å². The Balaban J connectivity index is 2.21. The van der Waals surface area contributed by atoms with Crippen molar-refractivity contribution in [3.8, 4) is 11.3 Å². The first-order chi connectivity index (χ1) is 11.3. The van der Waals surface area contributed by atoms with Crippen LogP contribution >= 0.6 is 11.6 Å². The minimum Gasteiger partial charge on any atom is -0.346 e. The molecule has 0 bridgehead atoms. The fourth-order valence-corrected chi connectivity index (χ4v) is 2.80. The molecule has 0 spiro atoms. The third-order valence-corrected chi connectivity index (χ3v) is 3.92. The van der Waals surface area contributed by atoms with Crippen LogP contribution in [0.4, 0.5) is 0 Å². The van der Waals surface area contributed by atoms with Crippen molar-refractivity contribution in [2.45, 2.75) is 26.3 Å². The molecule has 4 heteroatoms. The summed E-state index contributed by atoms with van der Waals surface area (Å²) in [6.45, 7) is 5.84. The Labute approximate surface area is 146 Å². The number of hydrogen-bond donors (Lipinski definition) is 1. The normalized spacial score (nSPS) is 11.5. The molecule has 1 amide bonds. The van der Waals surface area contributed by atoms with Gasteiger partial charge in [0.25, 0.3) is 5.91 Å². The summed E-state index contributed by atoms with van der Waals surface area (Å²) in [6, 6.07) is 17.2. The quantitative estimate of drug-likeness (QED) is 0.707. The number of carbonyl (C=O) groups excluding carboxylic acids is 1. The number of pyridine rings is 1. The summed E-state index contributed by atoms with van der Waals surface area (Å²) in [4.78, 5) is 17.2. The molecular weight excluding hydrogens is 320 g/mol. The molecule has 2 aromatic carbocycles. The van der Waals surface area contributed by atoms with E-state index in [0.29, 0.717) is 10.7 Å². The number of fused-ring (bicyclic) bond motifs is 1. The number of hydrogen-bond acceptors (Lipinski definition) is 2. The zero-order valence-corrected chi connectivity index (χ0v) is 14.7. The maximum atomic E-state index is 12.6. The van der Waals surface area contributed by atoms with Gasteiger partial charge in [-0.05, 0) is 38.3 Å². The molecular formula is C20H19ClN2O. The van der Waals surface area contributed by atoms with Gasteiger partial charge in [0, 0.05) is 21.5 Å². The van der Waals surface area contributed by atoms with Crippen molar-refractivity contribution in [3.05, 3.63) is 65.3 Å². The van der Waals surface area contributed by atoms with Crippen molar-refractivity contribution in [1.29, 1.82) is 0 Å². The summed E-state index contributed by atoms with van der Waals surface area (Å²) in [5, 5.41) is 5.50. The van der Waals surface area contributed by atoms with Crippen molar-refractivity contribution < 1.29 is 4.79 Å². The standard InChI is InChI=1S/C20H19ClN2O/c1-20(2,3)23-19(24)17-12-13-8-4-5-9-14(13)18(22-17)15-10-6-7-11-16(15)21/h4-12H,1-3H3,(H,23,24). The molecule has 0 aliphatic rings. The van der Waals surface area contributed by atoms with Gasteiger partial charge in [0.05, 0.1) is 5.69 Å². The van der Waals surface area contributed by atoms with Gasteiger partial charge in [0.2, 0.25) is 0 Å². The van der Waals surface area contributed by atoms with E-state index in [1.807, 2.05) is 75.4 Å². The fourth-order valence-electron chi connectivity index (χ4n) is 2.58. The number of benzene rings is 2. The summed E-state index contributed by atoms with van der Waals surface area (Å²) < 4.78 is 0. The van der Waals surface area contributed by atoms with Crippen LogP contribution < -0.4 is 5.32 Å². The highest BCUT2D eigenvalue weighted by atomic mass is 35.5. The van der Waals surface area contributed by atoms with Crippen LogP contribution in [0.1, 0.15) is 31.3 Å². The van der Waals surface area contributed by atoms with E-state index in [1.54, 1.807) is 0 Å². The predicted molar refractivity (Wildman–Crippen MR) is 99.4 cm³/mol. The molecule has 0 radical (unpaired) electrons. The largest absolute Gasteiger partial charge is 0.346 e. The molecule has 3 aromatic rings. The third kappa shape index (κ3) is 3.41. The zero-order valence-electron chi connectivity index (χ0n) is 13.9. The van der Waals surface area contributed by atoms with Gasteiger partial charge in [-0.2, -0.15) is 0 Å². The molecule has 0 atom stereocenters. The van der Waals surface area contributed by atoms with Crippen LogP contribution in [0.3, 0.4) is 0 Å². The smallest absolute Gasteiger partial charge is 0.270 e. The number of nitrogens with one attached hydrogen (secondary N) is 1. The van der Waals surface area contributed by atoms with Crippen molar-refractivity contribution in [2.75, 3.05) is 0 Å². The van der Waals surface area contributed by atoms with Gasteiger partial charge in [-0.1, -0.05) is 54.1 Å². The molecule has 0 aliphatic carbocycles. The first-order valence-electron chi connectivity index (χ1n) is 7.82. The van der Waals surface area contributed by atoms with Gasteiger partial charge >= 0.3 is 0 Å². The van der Waals surface area contributed by atoms with E-state index in [9.17, 15) is 4.79 Å². The molecule has 24 heavy (non-hydrogen) atoms. The van der Waals surface area contributed by atoms with E-state index in [4.69, 9.17) is 11.6 Å². The summed E-state index contributed by atoms with van der Waals surface area (Å²) in [7, 11) is 0. The molecule has 1 heterocycles. The minimum atomic E-state index is -0.324. The molecule has 0 unspecified atom stereocenters. The molecule has 0 saturated heterocycles. The first kappa shape index (κ1) is 16.5. The van der Waals surface area contributed by atoms with Crippen molar-refractivity contribution in [3.63, 3.8) is 0 Å². The van der Waals surface area contributed by atoms with Crippen LogP contribution in [-0.4, -0.2) is 16.4 Å². The molecule has 3 rings (SSSR count). The number of amides is 1. The second-order valence-corrected chi connectivity index (χ2v) is 7.17. The summed E-state index contributed by atoms with van der Waals surface area (Å²) >= 11 is 6.36. The Kier molecular flexibility index (Phi) is 4.29. The Hall–Kier alpha value is -2.39. The summed E-state index contributed by atoms with van der Waals surface area (Å²) in [5.74, 6) is -0.193. The van der Waals surface area contributed by atoms with Crippen LogP contribution in [-0.2, 0) is 0 Å². The van der Waals surface area contributed by atoms with Crippen LogP contribution in [0.15, 0.2) is 54.6 Å². The number of carbonyl (C=O) groups is 1. The Bertz CT molecular complexity index is 913. The minimum absolute atomic E-state index is 0.193. The second-order valence-electron chi connectivity index (χ2n) is 6.76. The molecule has 3 nitrogen and oxygen atoms in total. The predicted octanol–water partition coefficient (Wildman–Crippen LogP) is 5.08. The first-order valence-corrected chi connectivity index (χ1v) is 8.20. The van der Waals surface area contributed by atoms with Gasteiger partial charge in [-0.25, -0.2) is 4.98 Å². The average molecular weight is 339 g/mol. The molecule has 0 aliphatic heterocycles. The van der Waals surface area contributed by atoms with Crippen molar-refractivity contribution >= 4 is 28.3 Å². The summed E-state index contributed by atoms with van der Waals surface area (Å²) in [6.07, 6.45) is 0. The van der Waals surface area contributed by atoms with Gasteiger partial charge < -0.3 is 5.32 Å². The molecule has 0 fully saturated rings. The van der Waals surface area contributed by atoms with E-state index in [2.05, 4.69) is 10.3 Å². The van der Waals surface area contributed by atoms with Crippen LogP contribution in [0.2, 0.25) is 5.02 Å². The van der Waals surface area contributed by atoms with Crippen molar-refractivity contribution in [1.82, 2.24) is 10.3 Å². The number of halogens is 1. The van der Waals surface area contributed by atoms with Gasteiger partial charge in [0.15, 0.2) is 0 Å². The van der Waals surface area contributed by atoms with Gasteiger partial charge in [-0.15, -0.1) is 0 Å². The van der Waals surface area contributed by atoms with E-state index in [-0.39, 0.29) is 11.4 Å². The Morgan fingerprint density at radius 2 is 1.71 bits per heavy atom. The highest BCUT2D eigenvalue weighted by molar-refractivity contribution is 6.33. The van der Waals surface area contributed by atoms with Crippen LogP contribution in [0.25, 0.3) is 22.0 Å². The molecule has 122 valence electrons. The van der Waals surface area contributed by atoms with E-state index in [1.165, 1.54) is 0 Å². The average Bonchev–Trinajstić information content (AvgIpc) is 2.53. The second kappa shape index (κ2) is 6.25. The summed E-state index contributed by atoms with van der Waals surface area (Å²) in [5.41, 5.74) is 1.60. The Morgan fingerprint density at radius 3 is 2.42 bits per heavy atom. The highest BCUT2D eigenvalue weighted by Crippen LogP contribution is 2.32. The lowest BCUT2D eigenvalue weighted by Gasteiger charge is -2.20. The van der Waals surface area contributed by atoms with E-state index >= 15 is 0 Å². The van der Waals surface area contributed by atoms with Crippen LogP contribution in [0, 0.1) is 0 Å². The molecule has 1 N–H and O–H groups in total. The third-order valence-electron chi connectivity index (χ3n) is 3.59.